The van der Waals surface area contributed by atoms with Crippen LogP contribution in [0.3, 0.4) is 0 Å². The van der Waals surface area contributed by atoms with Gasteiger partial charge in [0.1, 0.15) is 29.8 Å². The topological polar surface area (TPSA) is 163 Å². The first kappa shape index (κ1) is 35.2. The highest BCUT2D eigenvalue weighted by Gasteiger charge is 2.56. The van der Waals surface area contributed by atoms with Crippen molar-refractivity contribution in [2.45, 2.75) is 103 Å². The van der Waals surface area contributed by atoms with E-state index in [9.17, 15) is 30.0 Å². The third-order valence-electron chi connectivity index (χ3n) is 8.51. The number of allylic oxidation sites excluding steroid dienone is 5. The van der Waals surface area contributed by atoms with Crippen LogP contribution in [0.15, 0.2) is 64.4 Å². The number of carboxylic acids is 1. The molecule has 2 aliphatic heterocycles. The van der Waals surface area contributed by atoms with Crippen molar-refractivity contribution in [3.05, 3.63) is 71.5 Å². The summed E-state index contributed by atoms with van der Waals surface area (Å²) in [6, 6.07) is 0. The van der Waals surface area contributed by atoms with Gasteiger partial charge in [-0.1, -0.05) is 50.3 Å². The van der Waals surface area contributed by atoms with Gasteiger partial charge in [0.25, 0.3) is 0 Å². The molecule has 1 fully saturated rings. The zero-order valence-corrected chi connectivity index (χ0v) is 26.4. The summed E-state index contributed by atoms with van der Waals surface area (Å²) in [6.07, 6.45) is 11.7. The number of nitrogens with zero attached hydrogens (tertiary/aromatic N) is 1. The number of rotatable bonds is 8. The van der Waals surface area contributed by atoms with Crippen molar-refractivity contribution in [1.29, 1.82) is 0 Å². The first-order valence-corrected chi connectivity index (χ1v) is 15.1. The van der Waals surface area contributed by atoms with Gasteiger partial charge in [0, 0.05) is 37.7 Å². The number of cyclic esters (lactones) is 1. The number of aliphatic carboxylic acids is 1. The monoisotopic (exact) mass is 613 g/mol. The van der Waals surface area contributed by atoms with Crippen LogP contribution in [0.25, 0.3) is 6.08 Å². The van der Waals surface area contributed by atoms with Crippen molar-refractivity contribution < 1.29 is 43.9 Å². The third-order valence-corrected chi connectivity index (χ3v) is 8.51. The molecule has 3 rings (SSSR count). The number of ether oxygens (including phenoxy) is 2. The average Bonchev–Trinajstić information content (AvgIpc) is 3.45. The number of carboxylic acid groups (broad SMARTS) is 1. The Bertz CT molecular complexity index is 1290. The van der Waals surface area contributed by atoms with Crippen molar-refractivity contribution in [2.24, 2.45) is 17.8 Å². The van der Waals surface area contributed by atoms with Crippen molar-refractivity contribution in [2.75, 3.05) is 0 Å². The summed E-state index contributed by atoms with van der Waals surface area (Å²) in [4.78, 5) is 28.5. The fourth-order valence-electron chi connectivity index (χ4n) is 5.37. The van der Waals surface area contributed by atoms with Gasteiger partial charge in [-0.25, -0.2) is 9.78 Å². The van der Waals surface area contributed by atoms with E-state index in [4.69, 9.17) is 13.9 Å². The average molecular weight is 614 g/mol. The van der Waals surface area contributed by atoms with Gasteiger partial charge in [-0.05, 0) is 56.8 Å². The number of carbonyl (C=O) groups excluding carboxylic acids is 1. The van der Waals surface area contributed by atoms with E-state index >= 15 is 0 Å². The molecule has 2 aliphatic rings. The maximum absolute atomic E-state index is 12.9. The summed E-state index contributed by atoms with van der Waals surface area (Å²) in [5.41, 5.74) is 1.37. The summed E-state index contributed by atoms with van der Waals surface area (Å²) in [7, 11) is 0. The van der Waals surface area contributed by atoms with Crippen LogP contribution in [0.5, 0.6) is 0 Å². The molecule has 0 amide bonds. The second-order valence-electron chi connectivity index (χ2n) is 12.4. The van der Waals surface area contributed by atoms with Gasteiger partial charge in [0.2, 0.25) is 0 Å². The molecular weight excluding hydrogens is 566 g/mol. The van der Waals surface area contributed by atoms with Crippen LogP contribution in [-0.2, 0) is 19.1 Å². The maximum atomic E-state index is 12.9. The molecule has 1 aromatic heterocycles. The number of aliphatic hydroxyl groups is 3. The molecule has 1 unspecified atom stereocenters. The number of hydrogen-bond acceptors (Lipinski definition) is 9. The van der Waals surface area contributed by atoms with Crippen LogP contribution in [-0.4, -0.2) is 73.5 Å². The fraction of sp³-hybridized carbons (Fsp3) is 0.559. The van der Waals surface area contributed by atoms with Crippen LogP contribution in [0.4, 0.5) is 0 Å². The third kappa shape index (κ3) is 10.1. The minimum absolute atomic E-state index is 0.0283. The van der Waals surface area contributed by atoms with Crippen LogP contribution >= 0.6 is 0 Å². The number of fused-ring (bicyclic) bond motifs is 1. The fourth-order valence-corrected chi connectivity index (χ4v) is 5.37. The van der Waals surface area contributed by atoms with Crippen molar-refractivity contribution in [3.63, 3.8) is 0 Å². The van der Waals surface area contributed by atoms with Crippen molar-refractivity contribution in [1.82, 2.24) is 4.98 Å². The van der Waals surface area contributed by atoms with Gasteiger partial charge in [0.15, 0.2) is 5.89 Å². The smallest absolute Gasteiger partial charge is 0.330 e. The van der Waals surface area contributed by atoms with Crippen molar-refractivity contribution >= 4 is 18.0 Å². The van der Waals surface area contributed by atoms with E-state index in [0.29, 0.717) is 17.2 Å². The second-order valence-corrected chi connectivity index (χ2v) is 12.4. The normalized spacial score (nSPS) is 32.2. The van der Waals surface area contributed by atoms with Crippen LogP contribution in [0.1, 0.15) is 71.9 Å². The molecule has 0 aromatic carbocycles. The predicted molar refractivity (Wildman–Crippen MR) is 165 cm³/mol. The number of aryl methyl sites for hydroxylation is 1. The lowest BCUT2D eigenvalue weighted by molar-refractivity contribution is -0.150. The van der Waals surface area contributed by atoms with E-state index in [1.54, 1.807) is 52.2 Å². The molecule has 0 bridgehead atoms. The zero-order chi connectivity index (χ0) is 32.6. The number of oxazole rings is 1. The Balaban J connectivity index is 1.78. The van der Waals surface area contributed by atoms with E-state index in [1.165, 1.54) is 6.08 Å². The highest BCUT2D eigenvalue weighted by atomic mass is 16.6. The highest BCUT2D eigenvalue weighted by Crippen LogP contribution is 2.43. The highest BCUT2D eigenvalue weighted by molar-refractivity contribution is 5.82. The van der Waals surface area contributed by atoms with Gasteiger partial charge < -0.3 is 34.3 Å². The zero-order valence-electron chi connectivity index (χ0n) is 26.4. The first-order valence-electron chi connectivity index (χ1n) is 15.1. The van der Waals surface area contributed by atoms with Gasteiger partial charge >= 0.3 is 11.9 Å². The summed E-state index contributed by atoms with van der Waals surface area (Å²) in [6.45, 7) is 10.8. The van der Waals surface area contributed by atoms with Gasteiger partial charge in [0.05, 0.1) is 18.3 Å². The largest absolute Gasteiger partial charge is 0.481 e. The Morgan fingerprint density at radius 3 is 2.61 bits per heavy atom. The summed E-state index contributed by atoms with van der Waals surface area (Å²) in [5.74, 6) is -2.29. The van der Waals surface area contributed by atoms with E-state index < -0.39 is 54.0 Å². The predicted octanol–water partition coefficient (Wildman–Crippen LogP) is 4.70. The molecule has 242 valence electrons. The van der Waals surface area contributed by atoms with Crippen LogP contribution in [0.2, 0.25) is 0 Å². The summed E-state index contributed by atoms with van der Waals surface area (Å²) < 4.78 is 16.8. The number of carbonyl (C=O) groups is 2. The van der Waals surface area contributed by atoms with Crippen LogP contribution < -0.4 is 0 Å². The maximum Gasteiger partial charge on any atom is 0.330 e. The number of esters is 1. The molecule has 44 heavy (non-hydrogen) atoms. The van der Waals surface area contributed by atoms with E-state index in [1.807, 2.05) is 38.2 Å². The molecule has 0 radical (unpaired) electrons. The molecule has 9 atom stereocenters. The molecule has 1 aromatic rings. The Hall–Kier alpha value is -3.31. The number of aliphatic hydroxyl groups excluding tert-OH is 3. The molecule has 3 heterocycles. The SMILES string of the molecule is CC(C=CC=C(C)[C@H](O)[C@@H](C)C1C[C@H](O)[C@]2(C)O[C@@H]2C=C[C@@H](C)[C@H](O)C[C@H](CC(=O)O)CC=CC(=O)O1)=Cc1coc(C)n1. The standard InChI is InChI=1S/C34H47NO9/c1-20(15-26-19-42-24(5)35-26)9-7-10-22(3)33(41)23(4)28-18-29(37)34(6)30(44-34)14-13-21(2)27(36)16-25(17-31(38)39)11-8-12-32(40)43-28/h7-10,12-15,19,21,23,25,27-30,33,36-37,41H,11,16-18H2,1-6H3,(H,38,39)/t21-,23+,25-,27-,28?,29+,30-,33+,34+/m1/s1. The summed E-state index contributed by atoms with van der Waals surface area (Å²) in [5, 5.41) is 42.4. The minimum atomic E-state index is -1.00. The van der Waals surface area contributed by atoms with Gasteiger partial charge in [-0.3, -0.25) is 4.79 Å². The molecule has 10 heteroatoms. The molecular formula is C34H47NO9. The Labute approximate surface area is 259 Å². The Morgan fingerprint density at radius 2 is 1.95 bits per heavy atom. The molecule has 0 spiro atoms. The molecule has 4 N–H and O–H groups in total. The van der Waals surface area contributed by atoms with Gasteiger partial charge in [-0.2, -0.15) is 0 Å². The lowest BCUT2D eigenvalue weighted by Gasteiger charge is -2.30. The number of epoxide rings is 1. The van der Waals surface area contributed by atoms with Crippen molar-refractivity contribution in [3.8, 4) is 0 Å². The van der Waals surface area contributed by atoms with E-state index in [0.717, 1.165) is 5.57 Å². The quantitative estimate of drug-likeness (QED) is 0.140. The second kappa shape index (κ2) is 15.6. The van der Waals surface area contributed by atoms with Crippen LogP contribution in [0, 0.1) is 24.7 Å². The molecule has 0 saturated carbocycles. The number of hydrogen-bond donors (Lipinski definition) is 4. The Kier molecular flexibility index (Phi) is 12.5. The van der Waals surface area contributed by atoms with E-state index in [2.05, 4.69) is 4.98 Å². The molecule has 10 nitrogen and oxygen atoms in total. The lowest BCUT2D eigenvalue weighted by Crippen LogP contribution is -2.40. The molecule has 1 saturated heterocycles. The molecule has 0 aliphatic carbocycles. The minimum Gasteiger partial charge on any atom is -0.481 e. The first-order chi connectivity index (χ1) is 20.7. The summed E-state index contributed by atoms with van der Waals surface area (Å²) >= 11 is 0. The van der Waals surface area contributed by atoms with Gasteiger partial charge in [-0.15, -0.1) is 0 Å². The lowest BCUT2D eigenvalue weighted by atomic mass is 9.86. The Morgan fingerprint density at radius 1 is 1.23 bits per heavy atom. The number of aromatic nitrogens is 1. The van der Waals surface area contributed by atoms with E-state index in [-0.39, 0.29) is 37.5 Å².